The number of nitrogens with one attached hydrogen (secondary N) is 2. The highest BCUT2D eigenvalue weighted by Crippen LogP contribution is 2.38. The van der Waals surface area contributed by atoms with Crippen molar-refractivity contribution in [3.05, 3.63) is 41.9 Å². The molecule has 0 radical (unpaired) electrons. The molecule has 3 aromatic heterocycles. The van der Waals surface area contributed by atoms with Crippen molar-refractivity contribution in [2.75, 3.05) is 0 Å². The number of aromatic nitrogens is 5. The van der Waals surface area contributed by atoms with Crippen LogP contribution in [0.1, 0.15) is 17.5 Å². The highest BCUT2D eigenvalue weighted by Gasteiger charge is 2.22. The van der Waals surface area contributed by atoms with Gasteiger partial charge >= 0.3 is 0 Å². The molecule has 0 atom stereocenters. The Balaban J connectivity index is 1.96. The summed E-state index contributed by atoms with van der Waals surface area (Å²) in [6.45, 7) is 0. The van der Waals surface area contributed by atoms with Crippen LogP contribution in [-0.2, 0) is 12.8 Å². The maximum absolute atomic E-state index is 4.92. The fourth-order valence-electron chi connectivity index (χ4n) is 3.50. The molecule has 0 saturated heterocycles. The molecule has 102 valence electrons. The number of hydrogen-bond acceptors (Lipinski definition) is 3. The molecule has 1 aliphatic rings. The second kappa shape index (κ2) is 3.91. The summed E-state index contributed by atoms with van der Waals surface area (Å²) in [6, 6.07) is 4.14. The molecule has 3 heterocycles. The molecule has 21 heavy (non-hydrogen) atoms. The number of fused-ring (bicyclic) bond motifs is 5. The van der Waals surface area contributed by atoms with Crippen LogP contribution >= 0.6 is 0 Å². The van der Waals surface area contributed by atoms with Gasteiger partial charge in [0.1, 0.15) is 0 Å². The van der Waals surface area contributed by atoms with Gasteiger partial charge in [0.25, 0.3) is 0 Å². The van der Waals surface area contributed by atoms with Gasteiger partial charge in [-0.15, -0.1) is 0 Å². The van der Waals surface area contributed by atoms with E-state index in [2.05, 4.69) is 32.5 Å². The van der Waals surface area contributed by atoms with Crippen molar-refractivity contribution in [2.45, 2.75) is 19.3 Å². The van der Waals surface area contributed by atoms with Crippen LogP contribution in [0.4, 0.5) is 0 Å². The number of benzene rings is 1. The second-order valence-electron chi connectivity index (χ2n) is 5.55. The van der Waals surface area contributed by atoms with E-state index < -0.39 is 0 Å². The van der Waals surface area contributed by atoms with Crippen LogP contribution < -0.4 is 0 Å². The molecule has 0 unspecified atom stereocenters. The van der Waals surface area contributed by atoms with E-state index in [1.165, 1.54) is 28.3 Å². The van der Waals surface area contributed by atoms with Crippen LogP contribution in [0.5, 0.6) is 0 Å². The summed E-state index contributed by atoms with van der Waals surface area (Å²) in [4.78, 5) is 4.92. The number of rotatable bonds is 1. The highest BCUT2D eigenvalue weighted by molar-refractivity contribution is 6.07. The first-order chi connectivity index (χ1) is 10.4. The van der Waals surface area contributed by atoms with Crippen molar-refractivity contribution in [3.8, 4) is 11.3 Å². The van der Waals surface area contributed by atoms with Gasteiger partial charge in [0.05, 0.1) is 29.1 Å². The van der Waals surface area contributed by atoms with Crippen LogP contribution in [0.25, 0.3) is 33.1 Å². The number of pyridine rings is 1. The summed E-state index contributed by atoms with van der Waals surface area (Å²) in [5, 5.41) is 16.6. The normalized spacial score (nSPS) is 14.1. The Labute approximate surface area is 120 Å². The molecule has 0 aliphatic heterocycles. The lowest BCUT2D eigenvalue weighted by atomic mass is 9.98. The summed E-state index contributed by atoms with van der Waals surface area (Å²) < 4.78 is 0. The molecular weight excluding hydrogens is 262 g/mol. The molecule has 0 spiro atoms. The fraction of sp³-hybridized carbons (Fsp3) is 0.188. The Hall–Kier alpha value is -2.69. The van der Waals surface area contributed by atoms with E-state index in [1.807, 2.05) is 18.6 Å². The molecule has 0 fully saturated rings. The smallest absolute Gasteiger partial charge is 0.0775 e. The largest absolute Gasteiger partial charge is 0.285 e. The van der Waals surface area contributed by atoms with Crippen molar-refractivity contribution in [3.63, 3.8) is 0 Å². The quantitative estimate of drug-likeness (QED) is 0.561. The van der Waals surface area contributed by atoms with Crippen molar-refractivity contribution < 1.29 is 0 Å². The zero-order valence-electron chi connectivity index (χ0n) is 11.3. The number of H-pyrrole nitrogens is 2. The molecule has 0 amide bonds. The Morgan fingerprint density at radius 1 is 1.00 bits per heavy atom. The van der Waals surface area contributed by atoms with E-state index in [0.29, 0.717) is 0 Å². The standard InChI is InChI=1S/C16H13N5/c1-2-10-11(3-1)16(9-6-17-18-7-9)20-14-5-4-13-12(15(10)14)8-19-21-13/h4-8H,1-3H2,(H,17,18)(H,19,21). The van der Waals surface area contributed by atoms with Gasteiger partial charge in [-0.1, -0.05) is 0 Å². The molecule has 5 heteroatoms. The lowest BCUT2D eigenvalue weighted by Gasteiger charge is -2.10. The fourth-order valence-corrected chi connectivity index (χ4v) is 3.50. The predicted octanol–water partition coefficient (Wildman–Crippen LogP) is 2.99. The highest BCUT2D eigenvalue weighted by atomic mass is 15.1. The van der Waals surface area contributed by atoms with Gasteiger partial charge in [0.2, 0.25) is 0 Å². The Kier molecular flexibility index (Phi) is 2.05. The van der Waals surface area contributed by atoms with Gasteiger partial charge in [-0.05, 0) is 42.5 Å². The molecule has 4 aromatic rings. The molecule has 0 bridgehead atoms. The van der Waals surface area contributed by atoms with E-state index in [0.717, 1.165) is 35.1 Å². The lowest BCUT2D eigenvalue weighted by molar-refractivity contribution is 0.913. The maximum Gasteiger partial charge on any atom is 0.0775 e. The third-order valence-corrected chi connectivity index (χ3v) is 4.41. The number of hydrogen-bond donors (Lipinski definition) is 2. The first kappa shape index (κ1) is 11.0. The van der Waals surface area contributed by atoms with Gasteiger partial charge in [-0.2, -0.15) is 10.2 Å². The van der Waals surface area contributed by atoms with Gasteiger partial charge in [0.15, 0.2) is 0 Å². The molecule has 5 nitrogen and oxygen atoms in total. The monoisotopic (exact) mass is 275 g/mol. The summed E-state index contributed by atoms with van der Waals surface area (Å²) in [5.74, 6) is 0. The second-order valence-corrected chi connectivity index (χ2v) is 5.55. The average molecular weight is 275 g/mol. The van der Waals surface area contributed by atoms with Gasteiger partial charge < -0.3 is 0 Å². The summed E-state index contributed by atoms with van der Waals surface area (Å²) >= 11 is 0. The Morgan fingerprint density at radius 2 is 1.95 bits per heavy atom. The molecule has 1 aliphatic carbocycles. The van der Waals surface area contributed by atoms with Crippen molar-refractivity contribution >= 4 is 21.8 Å². The van der Waals surface area contributed by atoms with E-state index in [9.17, 15) is 0 Å². The van der Waals surface area contributed by atoms with Crippen LogP contribution in [0.2, 0.25) is 0 Å². The van der Waals surface area contributed by atoms with Crippen LogP contribution in [-0.4, -0.2) is 25.4 Å². The van der Waals surface area contributed by atoms with Gasteiger partial charge in [0, 0.05) is 22.5 Å². The van der Waals surface area contributed by atoms with E-state index in [4.69, 9.17) is 4.98 Å². The first-order valence-corrected chi connectivity index (χ1v) is 7.18. The molecular formula is C16H13N5. The Bertz CT molecular complexity index is 965. The molecule has 0 saturated carbocycles. The van der Waals surface area contributed by atoms with Crippen molar-refractivity contribution in [1.82, 2.24) is 25.4 Å². The van der Waals surface area contributed by atoms with Crippen LogP contribution in [0.15, 0.2) is 30.7 Å². The van der Waals surface area contributed by atoms with Crippen molar-refractivity contribution in [1.29, 1.82) is 0 Å². The molecule has 5 rings (SSSR count). The minimum absolute atomic E-state index is 1.04. The SMILES string of the molecule is c1n[nH]cc1-c1nc2ccc3[nH]ncc3c2c2c1CCC2. The minimum atomic E-state index is 1.04. The van der Waals surface area contributed by atoms with Crippen LogP contribution in [0.3, 0.4) is 0 Å². The zero-order valence-corrected chi connectivity index (χ0v) is 11.3. The van der Waals surface area contributed by atoms with Crippen molar-refractivity contribution in [2.24, 2.45) is 0 Å². The molecule has 2 N–H and O–H groups in total. The van der Waals surface area contributed by atoms with Gasteiger partial charge in [-0.25, -0.2) is 4.98 Å². The Morgan fingerprint density at radius 3 is 2.86 bits per heavy atom. The third kappa shape index (κ3) is 1.43. The number of nitrogens with zero attached hydrogens (tertiary/aromatic N) is 3. The van der Waals surface area contributed by atoms with E-state index in [-0.39, 0.29) is 0 Å². The lowest BCUT2D eigenvalue weighted by Crippen LogP contribution is -1.95. The maximum atomic E-state index is 4.92. The third-order valence-electron chi connectivity index (χ3n) is 4.41. The topological polar surface area (TPSA) is 70.2 Å². The summed E-state index contributed by atoms with van der Waals surface area (Å²) in [6.07, 6.45) is 9.08. The van der Waals surface area contributed by atoms with E-state index in [1.54, 1.807) is 0 Å². The van der Waals surface area contributed by atoms with Crippen LogP contribution in [0, 0.1) is 0 Å². The van der Waals surface area contributed by atoms with E-state index >= 15 is 0 Å². The first-order valence-electron chi connectivity index (χ1n) is 7.18. The van der Waals surface area contributed by atoms with Gasteiger partial charge in [-0.3, -0.25) is 10.2 Å². The minimum Gasteiger partial charge on any atom is -0.285 e. The average Bonchev–Trinajstić information content (AvgIpc) is 3.25. The predicted molar refractivity (Wildman–Crippen MR) is 81.0 cm³/mol. The number of aromatic amines is 2. The summed E-state index contributed by atoms with van der Waals surface area (Å²) in [7, 11) is 0. The molecule has 1 aromatic carbocycles. The summed E-state index contributed by atoms with van der Waals surface area (Å²) in [5.41, 5.74) is 7.07. The zero-order chi connectivity index (χ0) is 13.8. The number of aryl methyl sites for hydroxylation is 1.